The smallest absolute Gasteiger partial charge is 0.260 e. The minimum atomic E-state index is -3.86. The lowest BCUT2D eigenvalue weighted by atomic mass is 9.86. The molecule has 8 heteroatoms. The summed E-state index contributed by atoms with van der Waals surface area (Å²) in [7, 11) is -3.86. The van der Waals surface area contributed by atoms with Gasteiger partial charge in [0.25, 0.3) is 5.91 Å². The van der Waals surface area contributed by atoms with E-state index in [9.17, 15) is 17.6 Å². The van der Waals surface area contributed by atoms with Gasteiger partial charge in [0.15, 0.2) is 0 Å². The lowest BCUT2D eigenvalue weighted by Crippen LogP contribution is -2.39. The summed E-state index contributed by atoms with van der Waals surface area (Å²) in [6.07, 6.45) is 0.915. The van der Waals surface area contributed by atoms with Crippen LogP contribution in [-0.2, 0) is 20.2 Å². The van der Waals surface area contributed by atoms with E-state index in [-0.39, 0.29) is 11.1 Å². The van der Waals surface area contributed by atoms with Gasteiger partial charge in [-0.05, 0) is 35.6 Å². The Bertz CT molecular complexity index is 1010. The molecule has 156 valence electrons. The molecule has 0 aliphatic heterocycles. The van der Waals surface area contributed by atoms with Crippen molar-refractivity contribution in [3.05, 3.63) is 65.5 Å². The topological polar surface area (TPSA) is 78.8 Å². The molecule has 0 aromatic heterocycles. The van der Waals surface area contributed by atoms with Gasteiger partial charge < -0.3 is 0 Å². The predicted octanol–water partition coefficient (Wildman–Crippen LogP) is 3.43. The molecule has 0 aliphatic carbocycles. The maximum Gasteiger partial charge on any atom is 0.260 e. The van der Waals surface area contributed by atoms with Crippen LogP contribution in [0.4, 0.5) is 10.1 Å². The summed E-state index contributed by atoms with van der Waals surface area (Å²) >= 11 is 0. The van der Waals surface area contributed by atoms with Gasteiger partial charge >= 0.3 is 0 Å². The Morgan fingerprint density at radius 1 is 1.10 bits per heavy atom. The third kappa shape index (κ3) is 6.12. The number of anilines is 1. The fourth-order valence-corrected chi connectivity index (χ4v) is 3.48. The van der Waals surface area contributed by atoms with E-state index >= 15 is 0 Å². The fraction of sp³-hybridized carbons (Fsp3) is 0.333. The minimum Gasteiger partial charge on any atom is -0.271 e. The average molecular weight is 420 g/mol. The molecule has 0 radical (unpaired) electrons. The van der Waals surface area contributed by atoms with Crippen molar-refractivity contribution >= 4 is 27.3 Å². The van der Waals surface area contributed by atoms with Gasteiger partial charge in [-0.1, -0.05) is 57.2 Å². The largest absolute Gasteiger partial charge is 0.271 e. The first kappa shape index (κ1) is 22.5. The van der Waals surface area contributed by atoms with E-state index in [2.05, 4.69) is 31.3 Å². The highest BCUT2D eigenvalue weighted by atomic mass is 32.2. The predicted molar refractivity (Wildman–Crippen MR) is 114 cm³/mol. The number of benzene rings is 2. The Labute approximate surface area is 171 Å². The van der Waals surface area contributed by atoms with Crippen LogP contribution in [0.5, 0.6) is 0 Å². The van der Waals surface area contributed by atoms with Crippen molar-refractivity contribution in [2.75, 3.05) is 17.1 Å². The maximum atomic E-state index is 14.0. The zero-order chi connectivity index (χ0) is 21.8. The van der Waals surface area contributed by atoms with E-state index in [1.54, 1.807) is 6.92 Å². The van der Waals surface area contributed by atoms with Gasteiger partial charge in [0.1, 0.15) is 12.4 Å². The quantitative estimate of drug-likeness (QED) is 0.576. The van der Waals surface area contributed by atoms with Gasteiger partial charge in [-0.2, -0.15) is 5.10 Å². The number of rotatable bonds is 6. The third-order valence-corrected chi connectivity index (χ3v) is 5.45. The van der Waals surface area contributed by atoms with Gasteiger partial charge in [0.2, 0.25) is 10.0 Å². The molecule has 29 heavy (non-hydrogen) atoms. The third-order valence-electron chi connectivity index (χ3n) is 4.33. The van der Waals surface area contributed by atoms with Crippen LogP contribution in [0.1, 0.15) is 38.8 Å². The number of amides is 1. The molecule has 2 aromatic rings. The summed E-state index contributed by atoms with van der Waals surface area (Å²) < 4.78 is 38.8. The highest BCUT2D eigenvalue weighted by Gasteiger charge is 2.23. The van der Waals surface area contributed by atoms with E-state index in [0.717, 1.165) is 17.9 Å². The molecule has 0 unspecified atom stereocenters. The van der Waals surface area contributed by atoms with Crippen LogP contribution < -0.4 is 9.73 Å². The molecule has 0 saturated heterocycles. The van der Waals surface area contributed by atoms with Crippen molar-refractivity contribution in [2.24, 2.45) is 5.10 Å². The number of carbonyl (C=O) groups excluding carboxylic acids is 1. The lowest BCUT2D eigenvalue weighted by Gasteiger charge is -2.21. The molecule has 0 saturated carbocycles. The molecular weight excluding hydrogens is 393 g/mol. The first-order chi connectivity index (χ1) is 13.4. The van der Waals surface area contributed by atoms with E-state index in [1.165, 1.54) is 23.8 Å². The average Bonchev–Trinajstić information content (AvgIpc) is 2.63. The van der Waals surface area contributed by atoms with Crippen LogP contribution in [0.3, 0.4) is 0 Å². The normalized spacial score (nSPS) is 12.6. The first-order valence-electron chi connectivity index (χ1n) is 9.06. The monoisotopic (exact) mass is 419 g/mol. The van der Waals surface area contributed by atoms with Gasteiger partial charge in [-0.25, -0.2) is 18.2 Å². The van der Waals surface area contributed by atoms with Gasteiger partial charge in [-0.3, -0.25) is 9.10 Å². The first-order valence-corrected chi connectivity index (χ1v) is 10.9. The van der Waals surface area contributed by atoms with Gasteiger partial charge in [-0.15, -0.1) is 0 Å². The summed E-state index contributed by atoms with van der Waals surface area (Å²) in [6, 6.07) is 13.2. The van der Waals surface area contributed by atoms with Crippen molar-refractivity contribution in [2.45, 2.75) is 33.1 Å². The summed E-state index contributed by atoms with van der Waals surface area (Å²) in [6.45, 7) is 7.50. The molecule has 2 aromatic carbocycles. The Morgan fingerprint density at radius 3 is 2.21 bits per heavy atom. The van der Waals surface area contributed by atoms with E-state index in [4.69, 9.17) is 0 Å². The number of hydrogen-bond donors (Lipinski definition) is 1. The number of nitrogens with one attached hydrogen (secondary N) is 1. The van der Waals surface area contributed by atoms with Crippen LogP contribution in [0, 0.1) is 5.82 Å². The molecule has 0 heterocycles. The molecule has 0 fully saturated rings. The van der Waals surface area contributed by atoms with E-state index < -0.39 is 28.3 Å². The molecular formula is C21H26FN3O3S. The van der Waals surface area contributed by atoms with Crippen molar-refractivity contribution in [3.8, 4) is 0 Å². The summed E-state index contributed by atoms with van der Waals surface area (Å²) in [5.74, 6) is -1.41. The number of halogens is 1. The Morgan fingerprint density at radius 2 is 1.69 bits per heavy atom. The molecule has 0 atom stereocenters. The van der Waals surface area contributed by atoms with Crippen molar-refractivity contribution in [3.63, 3.8) is 0 Å². The zero-order valence-electron chi connectivity index (χ0n) is 17.2. The van der Waals surface area contributed by atoms with Crippen LogP contribution in [-0.4, -0.2) is 32.8 Å². The number of para-hydroxylation sites is 1. The number of hydrogen-bond acceptors (Lipinski definition) is 4. The highest BCUT2D eigenvalue weighted by molar-refractivity contribution is 7.92. The summed E-state index contributed by atoms with van der Waals surface area (Å²) in [4.78, 5) is 12.3. The van der Waals surface area contributed by atoms with E-state index in [1.807, 2.05) is 24.3 Å². The highest BCUT2D eigenvalue weighted by Crippen LogP contribution is 2.22. The van der Waals surface area contributed by atoms with Crippen LogP contribution >= 0.6 is 0 Å². The number of hydrazone groups is 1. The van der Waals surface area contributed by atoms with Crippen LogP contribution in [0.15, 0.2) is 53.6 Å². The molecule has 2 rings (SSSR count). The standard InChI is InChI=1S/C21H26FN3O3S/c1-15(16-10-12-17(13-11-16)21(2,3)4)23-24-20(26)14-25(29(5,27)28)19-9-7-6-8-18(19)22/h6-13H,14H2,1-5H3,(H,24,26)/b23-15-. The number of sulfonamides is 1. The van der Waals surface area contributed by atoms with E-state index in [0.29, 0.717) is 10.0 Å². The fourth-order valence-electron chi connectivity index (χ4n) is 2.62. The molecule has 0 bridgehead atoms. The summed E-state index contributed by atoms with van der Waals surface area (Å²) in [5.41, 5.74) is 4.74. The molecule has 0 spiro atoms. The van der Waals surface area contributed by atoms with Crippen molar-refractivity contribution in [1.82, 2.24) is 5.43 Å². The molecule has 0 aliphatic rings. The Hall–Kier alpha value is -2.74. The molecule has 1 N–H and O–H groups in total. The molecule has 1 amide bonds. The minimum absolute atomic E-state index is 0.0274. The Kier molecular flexibility index (Phi) is 6.79. The summed E-state index contributed by atoms with van der Waals surface area (Å²) in [5, 5.41) is 4.04. The second-order valence-electron chi connectivity index (χ2n) is 7.78. The van der Waals surface area contributed by atoms with Crippen LogP contribution in [0.2, 0.25) is 0 Å². The van der Waals surface area contributed by atoms with Gasteiger partial charge in [0, 0.05) is 0 Å². The lowest BCUT2D eigenvalue weighted by molar-refractivity contribution is -0.119. The SMILES string of the molecule is C/C(=N/NC(=O)CN(c1ccccc1F)S(C)(=O)=O)c1ccc(C(C)(C)C)cc1. The van der Waals surface area contributed by atoms with Crippen molar-refractivity contribution in [1.29, 1.82) is 0 Å². The second-order valence-corrected chi connectivity index (χ2v) is 9.69. The Balaban J connectivity index is 2.13. The zero-order valence-corrected chi connectivity index (χ0v) is 18.0. The number of carbonyl (C=O) groups is 1. The number of nitrogens with zero attached hydrogens (tertiary/aromatic N) is 2. The second kappa shape index (κ2) is 8.73. The maximum absolute atomic E-state index is 14.0. The van der Waals surface area contributed by atoms with Crippen LogP contribution in [0.25, 0.3) is 0 Å². The van der Waals surface area contributed by atoms with Crippen molar-refractivity contribution < 1.29 is 17.6 Å². The molecule has 6 nitrogen and oxygen atoms in total. The van der Waals surface area contributed by atoms with Gasteiger partial charge in [0.05, 0.1) is 17.7 Å².